The third-order valence-corrected chi connectivity index (χ3v) is 4.84. The molecule has 0 aromatic carbocycles. The number of rotatable bonds is 1. The lowest BCUT2D eigenvalue weighted by Gasteiger charge is -2.24. The highest BCUT2D eigenvalue weighted by molar-refractivity contribution is 5.80. The van der Waals surface area contributed by atoms with E-state index in [9.17, 15) is 4.79 Å². The molecule has 1 N–H and O–H groups in total. The Labute approximate surface area is 91.2 Å². The average Bonchev–Trinajstić information content (AvgIpc) is 2.79. The molecule has 1 aliphatic carbocycles. The number of carbonyl (C=O) groups excluding carboxylic acids is 1. The Morgan fingerprint density at radius 2 is 2.00 bits per heavy atom. The van der Waals surface area contributed by atoms with Crippen molar-refractivity contribution in [3.63, 3.8) is 0 Å². The SMILES string of the molecule is CC1(C)C2CN(C(=O)[C@@H]3CCNC3)CC21. The maximum Gasteiger partial charge on any atom is 0.227 e. The van der Waals surface area contributed by atoms with Gasteiger partial charge in [0.2, 0.25) is 5.91 Å². The molecule has 3 aliphatic rings. The Morgan fingerprint density at radius 1 is 1.33 bits per heavy atom. The second-order valence-corrected chi connectivity index (χ2v) is 5.97. The zero-order valence-corrected chi connectivity index (χ0v) is 9.62. The molecule has 3 rings (SSSR count). The minimum Gasteiger partial charge on any atom is -0.342 e. The summed E-state index contributed by atoms with van der Waals surface area (Å²) in [5.74, 6) is 2.25. The third-order valence-electron chi connectivity index (χ3n) is 4.84. The van der Waals surface area contributed by atoms with Crippen LogP contribution >= 0.6 is 0 Å². The number of piperidine rings is 1. The lowest BCUT2D eigenvalue weighted by atomic mass is 10.0. The van der Waals surface area contributed by atoms with E-state index in [-0.39, 0.29) is 5.92 Å². The van der Waals surface area contributed by atoms with Crippen molar-refractivity contribution in [1.82, 2.24) is 10.2 Å². The molecule has 2 saturated heterocycles. The summed E-state index contributed by atoms with van der Waals surface area (Å²) in [6.07, 6.45) is 1.04. The van der Waals surface area contributed by atoms with Crippen molar-refractivity contribution in [2.24, 2.45) is 23.2 Å². The highest BCUT2D eigenvalue weighted by atomic mass is 16.2. The number of hydrogen-bond donors (Lipinski definition) is 1. The fourth-order valence-electron chi connectivity index (χ4n) is 3.44. The molecule has 2 aliphatic heterocycles. The first-order valence-corrected chi connectivity index (χ1v) is 6.10. The molecule has 0 aromatic heterocycles. The molecular formula is C12H20N2O. The van der Waals surface area contributed by atoms with Gasteiger partial charge in [0.1, 0.15) is 0 Å². The van der Waals surface area contributed by atoms with Crippen LogP contribution in [0.5, 0.6) is 0 Å². The number of amides is 1. The minimum absolute atomic E-state index is 0.269. The molecule has 2 heterocycles. The Hall–Kier alpha value is -0.570. The average molecular weight is 208 g/mol. The monoisotopic (exact) mass is 208 g/mol. The Bertz CT molecular complexity index is 280. The van der Waals surface area contributed by atoms with Crippen LogP contribution in [0.3, 0.4) is 0 Å². The molecular weight excluding hydrogens is 188 g/mol. The lowest BCUT2D eigenvalue weighted by molar-refractivity contribution is -0.134. The van der Waals surface area contributed by atoms with E-state index in [1.54, 1.807) is 0 Å². The summed E-state index contributed by atoms with van der Waals surface area (Å²) in [6, 6.07) is 0. The van der Waals surface area contributed by atoms with Crippen molar-refractivity contribution in [1.29, 1.82) is 0 Å². The molecule has 3 fully saturated rings. The molecule has 3 atom stereocenters. The molecule has 15 heavy (non-hydrogen) atoms. The first-order chi connectivity index (χ1) is 7.10. The molecule has 0 bridgehead atoms. The maximum absolute atomic E-state index is 12.1. The predicted octanol–water partition coefficient (Wildman–Crippen LogP) is 0.710. The summed E-state index contributed by atoms with van der Waals surface area (Å²) in [4.78, 5) is 14.2. The molecule has 3 heteroatoms. The normalized spacial score (nSPS) is 41.7. The van der Waals surface area contributed by atoms with Crippen molar-refractivity contribution in [2.75, 3.05) is 26.2 Å². The van der Waals surface area contributed by atoms with Crippen LogP contribution in [-0.2, 0) is 4.79 Å². The van der Waals surface area contributed by atoms with Crippen molar-refractivity contribution in [2.45, 2.75) is 20.3 Å². The molecule has 0 aromatic rings. The van der Waals surface area contributed by atoms with Crippen LogP contribution in [0.2, 0.25) is 0 Å². The van der Waals surface area contributed by atoms with Crippen LogP contribution < -0.4 is 5.32 Å². The highest BCUT2D eigenvalue weighted by Gasteiger charge is 2.62. The lowest BCUT2D eigenvalue weighted by Crippen LogP contribution is -2.38. The van der Waals surface area contributed by atoms with Gasteiger partial charge in [0.05, 0.1) is 5.92 Å². The number of carbonyl (C=O) groups is 1. The van der Waals surface area contributed by atoms with Crippen molar-refractivity contribution in [3.8, 4) is 0 Å². The third kappa shape index (κ3) is 1.32. The van der Waals surface area contributed by atoms with Gasteiger partial charge in [-0.15, -0.1) is 0 Å². The fourth-order valence-corrected chi connectivity index (χ4v) is 3.44. The smallest absolute Gasteiger partial charge is 0.227 e. The van der Waals surface area contributed by atoms with Gasteiger partial charge in [0.15, 0.2) is 0 Å². The van der Waals surface area contributed by atoms with Gasteiger partial charge in [-0.05, 0) is 30.2 Å². The first-order valence-electron chi connectivity index (χ1n) is 6.10. The van der Waals surface area contributed by atoms with E-state index in [0.717, 1.165) is 44.4 Å². The minimum atomic E-state index is 0.269. The summed E-state index contributed by atoms with van der Waals surface area (Å²) in [7, 11) is 0. The van der Waals surface area contributed by atoms with E-state index in [1.807, 2.05) is 0 Å². The number of nitrogens with zero attached hydrogens (tertiary/aromatic N) is 1. The molecule has 84 valence electrons. The van der Waals surface area contributed by atoms with Gasteiger partial charge >= 0.3 is 0 Å². The van der Waals surface area contributed by atoms with Crippen LogP contribution in [0.4, 0.5) is 0 Å². The van der Waals surface area contributed by atoms with E-state index in [0.29, 0.717) is 11.3 Å². The quantitative estimate of drug-likeness (QED) is 0.688. The van der Waals surface area contributed by atoms with E-state index in [2.05, 4.69) is 24.1 Å². The molecule has 1 saturated carbocycles. The summed E-state index contributed by atoms with van der Waals surface area (Å²) < 4.78 is 0. The summed E-state index contributed by atoms with van der Waals surface area (Å²) in [5, 5.41) is 3.27. The highest BCUT2D eigenvalue weighted by Crippen LogP contribution is 2.62. The fraction of sp³-hybridized carbons (Fsp3) is 0.917. The van der Waals surface area contributed by atoms with E-state index < -0.39 is 0 Å². The van der Waals surface area contributed by atoms with Crippen LogP contribution in [0.25, 0.3) is 0 Å². The topological polar surface area (TPSA) is 32.3 Å². The number of nitrogens with one attached hydrogen (secondary N) is 1. The van der Waals surface area contributed by atoms with Crippen molar-refractivity contribution >= 4 is 5.91 Å². The summed E-state index contributed by atoms with van der Waals surface area (Å²) in [5.41, 5.74) is 0.519. The standard InChI is InChI=1S/C12H20N2O/c1-12(2)9-6-14(7-10(9)12)11(15)8-3-4-13-5-8/h8-10,13H,3-7H2,1-2H3/t8-,9?,10?/m1/s1. The molecule has 1 amide bonds. The van der Waals surface area contributed by atoms with Crippen LogP contribution in [0.15, 0.2) is 0 Å². The summed E-state index contributed by atoms with van der Waals surface area (Å²) >= 11 is 0. The van der Waals surface area contributed by atoms with Crippen LogP contribution in [-0.4, -0.2) is 37.0 Å². The second-order valence-electron chi connectivity index (χ2n) is 5.97. The zero-order chi connectivity index (χ0) is 10.6. The van der Waals surface area contributed by atoms with Gasteiger partial charge in [-0.3, -0.25) is 4.79 Å². The van der Waals surface area contributed by atoms with Gasteiger partial charge < -0.3 is 10.2 Å². The number of hydrogen-bond acceptors (Lipinski definition) is 2. The second kappa shape index (κ2) is 2.97. The van der Waals surface area contributed by atoms with E-state index in [4.69, 9.17) is 0 Å². The van der Waals surface area contributed by atoms with Crippen molar-refractivity contribution in [3.05, 3.63) is 0 Å². The van der Waals surface area contributed by atoms with Gasteiger partial charge in [0, 0.05) is 19.6 Å². The first kappa shape index (κ1) is 9.64. The van der Waals surface area contributed by atoms with E-state index >= 15 is 0 Å². The molecule has 0 spiro atoms. The number of fused-ring (bicyclic) bond motifs is 1. The molecule has 0 radical (unpaired) electrons. The Kier molecular flexibility index (Phi) is 1.91. The van der Waals surface area contributed by atoms with Crippen LogP contribution in [0.1, 0.15) is 20.3 Å². The summed E-state index contributed by atoms with van der Waals surface area (Å²) in [6.45, 7) is 8.62. The molecule has 3 nitrogen and oxygen atoms in total. The predicted molar refractivity (Wildman–Crippen MR) is 58.3 cm³/mol. The Balaban J connectivity index is 1.60. The van der Waals surface area contributed by atoms with Gasteiger partial charge in [-0.1, -0.05) is 13.8 Å². The van der Waals surface area contributed by atoms with Gasteiger partial charge in [-0.2, -0.15) is 0 Å². The van der Waals surface area contributed by atoms with E-state index in [1.165, 1.54) is 0 Å². The van der Waals surface area contributed by atoms with Crippen molar-refractivity contribution < 1.29 is 4.79 Å². The zero-order valence-electron chi connectivity index (χ0n) is 9.62. The maximum atomic E-state index is 12.1. The Morgan fingerprint density at radius 3 is 2.53 bits per heavy atom. The van der Waals surface area contributed by atoms with Crippen LogP contribution in [0, 0.1) is 23.2 Å². The van der Waals surface area contributed by atoms with Gasteiger partial charge in [0.25, 0.3) is 0 Å². The largest absolute Gasteiger partial charge is 0.342 e. The van der Waals surface area contributed by atoms with Gasteiger partial charge in [-0.25, -0.2) is 0 Å². The molecule has 2 unspecified atom stereocenters. The number of likely N-dealkylation sites (tertiary alicyclic amines) is 1.